The molecule has 1 aromatic carbocycles. The molecule has 0 aliphatic rings. The van der Waals surface area contributed by atoms with Gasteiger partial charge in [0, 0.05) is 11.9 Å². The molecule has 150 valence electrons. The molecule has 0 aliphatic heterocycles. The Morgan fingerprint density at radius 1 is 1.07 bits per heavy atom. The van der Waals surface area contributed by atoms with Crippen LogP contribution in [0.15, 0.2) is 42.9 Å². The van der Waals surface area contributed by atoms with Crippen LogP contribution in [0.5, 0.6) is 0 Å². The first-order valence-corrected chi connectivity index (χ1v) is 8.36. The Labute approximate surface area is 166 Å². The standard InChI is InChI=1S/C17H12ClF3N6O2/c1-9-3-2-6-22-14(9)26-16-13(27(28)29)15(23-8-24-16)25-10-4-5-12(18)11(7-10)17(19,20)21/h2-8H,1H3,(H2,22,23,24,25,26). The van der Waals surface area contributed by atoms with Crippen LogP contribution in [0.2, 0.25) is 5.02 Å². The van der Waals surface area contributed by atoms with Crippen LogP contribution in [0.4, 0.5) is 42.0 Å². The van der Waals surface area contributed by atoms with Crippen molar-refractivity contribution >= 4 is 40.4 Å². The minimum Gasteiger partial charge on any atom is -0.334 e. The molecule has 0 bridgehead atoms. The number of nitro groups is 1. The number of anilines is 4. The minimum absolute atomic E-state index is 0.0801. The smallest absolute Gasteiger partial charge is 0.334 e. The van der Waals surface area contributed by atoms with E-state index < -0.39 is 27.4 Å². The Kier molecular flexibility index (Phi) is 5.50. The summed E-state index contributed by atoms with van der Waals surface area (Å²) in [6.45, 7) is 1.74. The molecule has 0 saturated carbocycles. The lowest BCUT2D eigenvalue weighted by Gasteiger charge is -2.13. The van der Waals surface area contributed by atoms with Crippen LogP contribution >= 0.6 is 11.6 Å². The second kappa shape index (κ2) is 7.87. The first-order chi connectivity index (χ1) is 13.7. The van der Waals surface area contributed by atoms with E-state index in [0.717, 1.165) is 18.5 Å². The fraction of sp³-hybridized carbons (Fsp3) is 0.118. The first-order valence-electron chi connectivity index (χ1n) is 7.98. The normalized spacial score (nSPS) is 11.2. The predicted octanol–water partition coefficient (Wildman–Crippen LogP) is 5.25. The predicted molar refractivity (Wildman–Crippen MR) is 101 cm³/mol. The fourth-order valence-electron chi connectivity index (χ4n) is 2.42. The van der Waals surface area contributed by atoms with Gasteiger partial charge in [0.15, 0.2) is 0 Å². The van der Waals surface area contributed by atoms with E-state index in [1.807, 2.05) is 0 Å². The van der Waals surface area contributed by atoms with Gasteiger partial charge in [0.25, 0.3) is 0 Å². The molecule has 0 spiro atoms. The third kappa shape index (κ3) is 4.51. The van der Waals surface area contributed by atoms with E-state index in [1.54, 1.807) is 19.1 Å². The number of nitrogens with one attached hydrogen (secondary N) is 2. The van der Waals surface area contributed by atoms with Crippen LogP contribution < -0.4 is 10.6 Å². The zero-order valence-corrected chi connectivity index (χ0v) is 15.4. The molecule has 0 fully saturated rings. The average Bonchev–Trinajstić information content (AvgIpc) is 2.64. The molecule has 3 rings (SSSR count). The maximum Gasteiger partial charge on any atom is 0.417 e. The highest BCUT2D eigenvalue weighted by Crippen LogP contribution is 2.38. The van der Waals surface area contributed by atoms with E-state index in [2.05, 4.69) is 25.6 Å². The zero-order valence-electron chi connectivity index (χ0n) is 14.7. The van der Waals surface area contributed by atoms with E-state index in [9.17, 15) is 23.3 Å². The summed E-state index contributed by atoms with van der Waals surface area (Å²) in [6.07, 6.45) is -2.15. The summed E-state index contributed by atoms with van der Waals surface area (Å²) in [6, 6.07) is 6.47. The highest BCUT2D eigenvalue weighted by Gasteiger charge is 2.33. The Balaban J connectivity index is 2.01. The number of hydrogen-bond donors (Lipinski definition) is 2. The van der Waals surface area contributed by atoms with E-state index in [0.29, 0.717) is 11.4 Å². The average molecular weight is 425 g/mol. The van der Waals surface area contributed by atoms with Crippen LogP contribution in [0.25, 0.3) is 0 Å². The van der Waals surface area contributed by atoms with Crippen molar-refractivity contribution in [3.8, 4) is 0 Å². The van der Waals surface area contributed by atoms with Crippen LogP contribution in [-0.4, -0.2) is 19.9 Å². The molecule has 0 saturated heterocycles. The lowest BCUT2D eigenvalue weighted by molar-refractivity contribution is -0.383. The van der Waals surface area contributed by atoms with Crippen LogP contribution in [0.1, 0.15) is 11.1 Å². The number of alkyl halides is 3. The van der Waals surface area contributed by atoms with E-state index in [-0.39, 0.29) is 17.3 Å². The number of aryl methyl sites for hydroxylation is 1. The van der Waals surface area contributed by atoms with Gasteiger partial charge in [-0.25, -0.2) is 15.0 Å². The van der Waals surface area contributed by atoms with Crippen LogP contribution in [-0.2, 0) is 6.18 Å². The summed E-state index contributed by atoms with van der Waals surface area (Å²) >= 11 is 5.60. The molecule has 3 aromatic rings. The SMILES string of the molecule is Cc1cccnc1Nc1ncnc(Nc2ccc(Cl)c(C(F)(F)F)c2)c1[N+](=O)[O-]. The molecule has 0 radical (unpaired) electrons. The topological polar surface area (TPSA) is 106 Å². The first kappa shape index (κ1) is 20.3. The zero-order chi connectivity index (χ0) is 21.2. The van der Waals surface area contributed by atoms with Crippen molar-refractivity contribution in [1.29, 1.82) is 0 Å². The number of rotatable bonds is 5. The maximum atomic E-state index is 13.1. The molecular weight excluding hydrogens is 413 g/mol. The summed E-state index contributed by atoms with van der Waals surface area (Å²) in [5, 5.41) is 16.4. The Hall–Kier alpha value is -3.47. The van der Waals surface area contributed by atoms with E-state index in [4.69, 9.17) is 11.6 Å². The molecule has 8 nitrogen and oxygen atoms in total. The molecular formula is C17H12ClF3N6O2. The van der Waals surface area contributed by atoms with Gasteiger partial charge < -0.3 is 10.6 Å². The van der Waals surface area contributed by atoms with Gasteiger partial charge in [-0.2, -0.15) is 13.2 Å². The molecule has 0 atom stereocenters. The van der Waals surface area contributed by atoms with Crippen molar-refractivity contribution < 1.29 is 18.1 Å². The summed E-state index contributed by atoms with van der Waals surface area (Å²) in [5.74, 6) is -0.123. The van der Waals surface area contributed by atoms with Gasteiger partial charge >= 0.3 is 11.9 Å². The van der Waals surface area contributed by atoms with Gasteiger partial charge in [-0.1, -0.05) is 17.7 Å². The fourth-order valence-corrected chi connectivity index (χ4v) is 2.65. The molecule has 2 N–H and O–H groups in total. The number of benzene rings is 1. The molecule has 12 heteroatoms. The van der Waals surface area contributed by atoms with Crippen molar-refractivity contribution in [1.82, 2.24) is 15.0 Å². The third-order valence-corrected chi connectivity index (χ3v) is 4.12. The van der Waals surface area contributed by atoms with Crippen molar-refractivity contribution in [3.05, 3.63) is 69.1 Å². The lowest BCUT2D eigenvalue weighted by Crippen LogP contribution is -2.08. The third-order valence-electron chi connectivity index (χ3n) is 3.79. The number of aromatic nitrogens is 3. The summed E-state index contributed by atoms with van der Waals surface area (Å²) in [5.41, 5.74) is -1.00. The minimum atomic E-state index is -4.68. The van der Waals surface area contributed by atoms with Gasteiger partial charge in [-0.3, -0.25) is 10.1 Å². The molecule has 2 heterocycles. The Morgan fingerprint density at radius 2 is 1.76 bits per heavy atom. The van der Waals surface area contributed by atoms with Gasteiger partial charge in [0.1, 0.15) is 12.1 Å². The number of halogens is 4. The van der Waals surface area contributed by atoms with Gasteiger partial charge in [0.2, 0.25) is 11.6 Å². The Morgan fingerprint density at radius 3 is 2.38 bits per heavy atom. The molecule has 29 heavy (non-hydrogen) atoms. The Bertz CT molecular complexity index is 1080. The van der Waals surface area contributed by atoms with Gasteiger partial charge in [0.05, 0.1) is 15.5 Å². The molecule has 0 aliphatic carbocycles. The van der Waals surface area contributed by atoms with Gasteiger partial charge in [-0.15, -0.1) is 0 Å². The maximum absolute atomic E-state index is 13.1. The summed E-state index contributed by atoms with van der Waals surface area (Å²) in [4.78, 5) is 22.6. The van der Waals surface area contributed by atoms with Crippen molar-refractivity contribution in [2.24, 2.45) is 0 Å². The number of hydrogen-bond acceptors (Lipinski definition) is 7. The highest BCUT2D eigenvalue weighted by molar-refractivity contribution is 6.31. The number of nitrogens with zero attached hydrogens (tertiary/aromatic N) is 4. The van der Waals surface area contributed by atoms with E-state index >= 15 is 0 Å². The molecule has 0 amide bonds. The highest BCUT2D eigenvalue weighted by atomic mass is 35.5. The van der Waals surface area contributed by atoms with Crippen LogP contribution in [0, 0.1) is 17.0 Å². The van der Waals surface area contributed by atoms with E-state index in [1.165, 1.54) is 12.3 Å². The summed E-state index contributed by atoms with van der Waals surface area (Å²) in [7, 11) is 0. The van der Waals surface area contributed by atoms with Crippen molar-refractivity contribution in [3.63, 3.8) is 0 Å². The quantitative estimate of drug-likeness (QED) is 0.425. The van der Waals surface area contributed by atoms with Gasteiger partial charge in [-0.05, 0) is 36.8 Å². The molecule has 2 aromatic heterocycles. The summed E-state index contributed by atoms with van der Waals surface area (Å²) < 4.78 is 39.2. The second-order valence-corrected chi connectivity index (χ2v) is 6.20. The largest absolute Gasteiger partial charge is 0.417 e. The monoisotopic (exact) mass is 424 g/mol. The molecule has 0 unspecified atom stereocenters. The van der Waals surface area contributed by atoms with Crippen LogP contribution in [0.3, 0.4) is 0 Å². The van der Waals surface area contributed by atoms with Crippen molar-refractivity contribution in [2.45, 2.75) is 13.1 Å². The number of pyridine rings is 1. The lowest BCUT2D eigenvalue weighted by atomic mass is 10.2. The van der Waals surface area contributed by atoms with Crippen molar-refractivity contribution in [2.75, 3.05) is 10.6 Å². The second-order valence-electron chi connectivity index (χ2n) is 5.79.